The number of carbonyl (C=O) groups is 1. The lowest BCUT2D eigenvalue weighted by Gasteiger charge is -2.17. The van der Waals surface area contributed by atoms with Gasteiger partial charge >= 0.3 is 5.97 Å². The van der Waals surface area contributed by atoms with E-state index in [1.165, 1.54) is 7.11 Å². The van der Waals surface area contributed by atoms with Crippen LogP contribution in [0.15, 0.2) is 24.4 Å². The maximum Gasteiger partial charge on any atom is 0.308 e. The first-order valence-electron chi connectivity index (χ1n) is 5.48. The maximum atomic E-state index is 11.1. The number of ether oxygens (including phenoxy) is 1. The molecule has 0 aliphatic carbocycles. The van der Waals surface area contributed by atoms with Gasteiger partial charge in [0.15, 0.2) is 0 Å². The second kappa shape index (κ2) is 5.16. The molecule has 2 aromatic rings. The van der Waals surface area contributed by atoms with E-state index in [4.69, 9.17) is 0 Å². The molecule has 0 radical (unpaired) electrons. The van der Waals surface area contributed by atoms with Gasteiger partial charge in [0.1, 0.15) is 6.10 Å². The van der Waals surface area contributed by atoms with Crippen molar-refractivity contribution in [2.45, 2.75) is 18.6 Å². The number of aromatic amines is 1. The molecular formula is C12H14N2O4. The Labute approximate surface area is 103 Å². The maximum absolute atomic E-state index is 11.1. The lowest BCUT2D eigenvalue weighted by atomic mass is 9.99. The van der Waals surface area contributed by atoms with Crippen LogP contribution in [0.3, 0.4) is 0 Å². The average molecular weight is 250 g/mol. The highest BCUT2D eigenvalue weighted by molar-refractivity contribution is 5.82. The fourth-order valence-electron chi connectivity index (χ4n) is 1.82. The van der Waals surface area contributed by atoms with Gasteiger partial charge in [0.2, 0.25) is 0 Å². The highest BCUT2D eigenvalue weighted by Gasteiger charge is 2.23. The van der Waals surface area contributed by atoms with Crippen LogP contribution in [0.5, 0.6) is 0 Å². The lowest BCUT2D eigenvalue weighted by Crippen LogP contribution is -2.22. The van der Waals surface area contributed by atoms with Crippen LogP contribution in [-0.2, 0) is 9.53 Å². The third-order valence-corrected chi connectivity index (χ3v) is 2.81. The number of carbonyl (C=O) groups excluding carboxylic acids is 1. The molecular weight excluding hydrogens is 236 g/mol. The average Bonchev–Trinajstić information content (AvgIpc) is 2.85. The molecule has 0 fully saturated rings. The second-order valence-electron chi connectivity index (χ2n) is 3.97. The van der Waals surface area contributed by atoms with Crippen molar-refractivity contribution in [1.29, 1.82) is 0 Å². The molecule has 2 rings (SSSR count). The number of fused-ring (bicyclic) bond motifs is 1. The summed E-state index contributed by atoms with van der Waals surface area (Å²) in [6, 6.07) is 5.23. The summed E-state index contributed by atoms with van der Waals surface area (Å²) in [5, 5.41) is 27.2. The summed E-state index contributed by atoms with van der Waals surface area (Å²) < 4.78 is 4.45. The summed E-state index contributed by atoms with van der Waals surface area (Å²) >= 11 is 0. The Bertz CT molecular complexity index is 552. The van der Waals surface area contributed by atoms with E-state index in [-0.39, 0.29) is 6.42 Å². The number of esters is 1. The van der Waals surface area contributed by atoms with Crippen LogP contribution in [0, 0.1) is 0 Å². The van der Waals surface area contributed by atoms with Crippen LogP contribution in [0.1, 0.15) is 18.1 Å². The number of rotatable bonds is 4. The van der Waals surface area contributed by atoms with E-state index in [2.05, 4.69) is 14.9 Å². The van der Waals surface area contributed by atoms with Crippen molar-refractivity contribution in [2.24, 2.45) is 0 Å². The van der Waals surface area contributed by atoms with Gasteiger partial charge in [-0.05, 0) is 11.6 Å². The van der Waals surface area contributed by atoms with Crippen molar-refractivity contribution < 1.29 is 19.7 Å². The molecule has 2 unspecified atom stereocenters. The molecule has 6 nitrogen and oxygen atoms in total. The number of benzene rings is 1. The van der Waals surface area contributed by atoms with Crippen molar-refractivity contribution in [1.82, 2.24) is 10.2 Å². The van der Waals surface area contributed by atoms with Gasteiger partial charge in [-0.15, -0.1) is 0 Å². The molecule has 0 aliphatic rings. The number of hydrogen-bond donors (Lipinski definition) is 3. The largest absolute Gasteiger partial charge is 0.469 e. The van der Waals surface area contributed by atoms with E-state index < -0.39 is 18.2 Å². The topological polar surface area (TPSA) is 95.4 Å². The molecule has 1 heterocycles. The van der Waals surface area contributed by atoms with Gasteiger partial charge in [-0.25, -0.2) is 0 Å². The Morgan fingerprint density at radius 3 is 3.00 bits per heavy atom. The molecule has 1 aromatic heterocycles. The first-order valence-corrected chi connectivity index (χ1v) is 5.48. The van der Waals surface area contributed by atoms with Crippen molar-refractivity contribution >= 4 is 16.9 Å². The third-order valence-electron chi connectivity index (χ3n) is 2.81. The Morgan fingerprint density at radius 2 is 2.28 bits per heavy atom. The van der Waals surface area contributed by atoms with Gasteiger partial charge in [-0.1, -0.05) is 12.1 Å². The van der Waals surface area contributed by atoms with E-state index in [1.54, 1.807) is 18.3 Å². The van der Waals surface area contributed by atoms with E-state index >= 15 is 0 Å². The van der Waals surface area contributed by atoms with Crippen molar-refractivity contribution in [3.8, 4) is 0 Å². The molecule has 0 saturated carbocycles. The molecule has 0 aliphatic heterocycles. The summed E-state index contributed by atoms with van der Waals surface area (Å²) in [5.41, 5.74) is 1.29. The number of aliphatic hydroxyl groups excluding tert-OH is 2. The molecule has 0 saturated heterocycles. The van der Waals surface area contributed by atoms with Crippen molar-refractivity contribution in [3.05, 3.63) is 30.0 Å². The van der Waals surface area contributed by atoms with Crippen LogP contribution < -0.4 is 0 Å². The van der Waals surface area contributed by atoms with Gasteiger partial charge in [-0.3, -0.25) is 9.89 Å². The summed E-state index contributed by atoms with van der Waals surface area (Å²) in [6.45, 7) is 0. The molecule has 6 heteroatoms. The number of aliphatic hydroxyl groups is 2. The highest BCUT2D eigenvalue weighted by Crippen LogP contribution is 2.26. The second-order valence-corrected chi connectivity index (χ2v) is 3.97. The highest BCUT2D eigenvalue weighted by atomic mass is 16.5. The van der Waals surface area contributed by atoms with Crippen molar-refractivity contribution in [2.75, 3.05) is 7.11 Å². The number of aromatic nitrogens is 2. The third kappa shape index (κ3) is 2.34. The van der Waals surface area contributed by atoms with Crippen molar-refractivity contribution in [3.63, 3.8) is 0 Å². The summed E-state index contributed by atoms with van der Waals surface area (Å²) in [6.07, 6.45) is -1.06. The molecule has 0 spiro atoms. The van der Waals surface area contributed by atoms with Gasteiger partial charge in [-0.2, -0.15) is 5.10 Å². The molecule has 18 heavy (non-hydrogen) atoms. The predicted octanol–water partition coefficient (Wildman–Crippen LogP) is 0.520. The number of nitrogens with one attached hydrogen (secondary N) is 1. The monoisotopic (exact) mass is 250 g/mol. The molecule has 0 bridgehead atoms. The zero-order valence-corrected chi connectivity index (χ0v) is 9.83. The Hall–Kier alpha value is -1.92. The minimum atomic E-state index is -1.21. The van der Waals surface area contributed by atoms with Crippen LogP contribution in [-0.4, -0.2) is 39.6 Å². The van der Waals surface area contributed by atoms with E-state index in [0.29, 0.717) is 10.9 Å². The molecule has 0 amide bonds. The smallest absolute Gasteiger partial charge is 0.308 e. The van der Waals surface area contributed by atoms with Gasteiger partial charge in [0, 0.05) is 5.39 Å². The first-order chi connectivity index (χ1) is 8.63. The Morgan fingerprint density at radius 1 is 1.50 bits per heavy atom. The van der Waals surface area contributed by atoms with E-state index in [9.17, 15) is 15.0 Å². The summed E-state index contributed by atoms with van der Waals surface area (Å²) in [4.78, 5) is 11.1. The van der Waals surface area contributed by atoms with Gasteiger partial charge in [0.25, 0.3) is 0 Å². The summed E-state index contributed by atoms with van der Waals surface area (Å²) in [5.74, 6) is -0.569. The minimum Gasteiger partial charge on any atom is -0.469 e. The molecule has 96 valence electrons. The number of hydrogen-bond acceptors (Lipinski definition) is 5. The van der Waals surface area contributed by atoms with Crippen LogP contribution >= 0.6 is 0 Å². The zero-order valence-electron chi connectivity index (χ0n) is 9.83. The lowest BCUT2D eigenvalue weighted by molar-refractivity contribution is -0.144. The fraction of sp³-hybridized carbons (Fsp3) is 0.333. The first kappa shape index (κ1) is 12.5. The van der Waals surface area contributed by atoms with Crippen LogP contribution in [0.25, 0.3) is 10.9 Å². The van der Waals surface area contributed by atoms with E-state index in [1.807, 2.05) is 6.07 Å². The molecule has 2 atom stereocenters. The zero-order chi connectivity index (χ0) is 13.1. The number of nitrogens with zero attached hydrogens (tertiary/aromatic N) is 1. The van der Waals surface area contributed by atoms with Crippen LogP contribution in [0.2, 0.25) is 0 Å². The number of H-pyrrole nitrogens is 1. The Kier molecular flexibility index (Phi) is 3.59. The SMILES string of the molecule is COC(=O)CC(O)C(O)c1cccc2[nH]ncc12. The minimum absolute atomic E-state index is 0.258. The standard InChI is InChI=1S/C12H14N2O4/c1-18-11(16)5-10(15)12(17)7-3-2-4-9-8(7)6-13-14-9/h2-4,6,10,12,15,17H,5H2,1H3,(H,13,14). The van der Waals surface area contributed by atoms with E-state index in [0.717, 1.165) is 5.52 Å². The normalized spacial score (nSPS) is 14.4. The molecule has 1 aromatic carbocycles. The van der Waals surface area contributed by atoms with Crippen LogP contribution in [0.4, 0.5) is 0 Å². The number of methoxy groups -OCH3 is 1. The Balaban J connectivity index is 2.25. The predicted molar refractivity (Wildman–Crippen MR) is 63.7 cm³/mol. The van der Waals surface area contributed by atoms with Gasteiger partial charge < -0.3 is 14.9 Å². The summed E-state index contributed by atoms with van der Waals surface area (Å²) in [7, 11) is 1.23. The molecule has 3 N–H and O–H groups in total. The fourth-order valence-corrected chi connectivity index (χ4v) is 1.82. The quantitative estimate of drug-likeness (QED) is 0.687. The van der Waals surface area contributed by atoms with Gasteiger partial charge in [0.05, 0.1) is 31.3 Å².